The number of rotatable bonds is 7. The molecule has 0 unspecified atom stereocenters. The van der Waals surface area contributed by atoms with E-state index in [1.165, 1.54) is 11.6 Å². The third-order valence-corrected chi connectivity index (χ3v) is 4.93. The van der Waals surface area contributed by atoms with Crippen LogP contribution in [0.15, 0.2) is 81.8 Å². The van der Waals surface area contributed by atoms with Gasteiger partial charge in [0, 0.05) is 14.5 Å². The molecule has 2 N–H and O–H groups in total. The van der Waals surface area contributed by atoms with Crippen molar-refractivity contribution in [2.75, 3.05) is 6.61 Å². The fourth-order valence-electron chi connectivity index (χ4n) is 2.40. The van der Waals surface area contributed by atoms with Crippen LogP contribution < -0.4 is 0 Å². The van der Waals surface area contributed by atoms with Gasteiger partial charge in [0.1, 0.15) is 11.5 Å². The zero-order valence-electron chi connectivity index (χ0n) is 16.2. The molecule has 0 saturated heterocycles. The van der Waals surface area contributed by atoms with E-state index in [-0.39, 0.29) is 11.5 Å². The summed E-state index contributed by atoms with van der Waals surface area (Å²) in [7, 11) is 0. The molecule has 0 atom stereocenters. The predicted molar refractivity (Wildman–Crippen MR) is 127 cm³/mol. The molecule has 0 fully saturated rings. The summed E-state index contributed by atoms with van der Waals surface area (Å²) in [6, 6.07) is 20.2. The molecule has 3 aromatic carbocycles. The molecule has 0 aliphatic carbocycles. The zero-order chi connectivity index (χ0) is 21.8. The highest BCUT2D eigenvalue weighted by atomic mass is 79.9. The van der Waals surface area contributed by atoms with E-state index < -0.39 is 0 Å². The average molecular weight is 534 g/mol. The number of hydrogen-bond donors (Lipinski definition) is 2. The van der Waals surface area contributed by atoms with Gasteiger partial charge in [0.05, 0.1) is 18.8 Å². The van der Waals surface area contributed by atoms with Crippen LogP contribution in [0.25, 0.3) is 6.08 Å². The van der Waals surface area contributed by atoms with E-state index in [1.807, 2.05) is 42.5 Å². The van der Waals surface area contributed by atoms with Crippen molar-refractivity contribution in [1.82, 2.24) is 0 Å². The van der Waals surface area contributed by atoms with Gasteiger partial charge >= 0.3 is 0 Å². The Kier molecular flexibility index (Phi) is 10.3. The van der Waals surface area contributed by atoms with E-state index in [0.29, 0.717) is 25.1 Å². The van der Waals surface area contributed by atoms with Crippen LogP contribution in [-0.2, 0) is 11.3 Å². The number of carbonyl (C=O) groups excluding carboxylic acids is 1. The Morgan fingerprint density at radius 3 is 2.03 bits per heavy atom. The lowest BCUT2D eigenvalue weighted by molar-refractivity contribution is 0.112. The summed E-state index contributed by atoms with van der Waals surface area (Å²) < 4.78 is 7.33. The van der Waals surface area contributed by atoms with Crippen molar-refractivity contribution >= 4 is 44.2 Å². The SMILES string of the molecule is O=Cc1cc(Br)ccc1O.Oc1ccc(Br)cc1/C=C/CCOCc1ccccc1. The first-order valence-electron chi connectivity index (χ1n) is 9.20. The maximum atomic E-state index is 10.2. The average Bonchev–Trinajstić information content (AvgIpc) is 2.76. The second-order valence-corrected chi connectivity index (χ2v) is 8.08. The van der Waals surface area contributed by atoms with Crippen LogP contribution in [0.4, 0.5) is 0 Å². The molecule has 0 amide bonds. The maximum absolute atomic E-state index is 10.2. The van der Waals surface area contributed by atoms with Gasteiger partial charge in [0.2, 0.25) is 0 Å². The van der Waals surface area contributed by atoms with E-state index in [4.69, 9.17) is 9.84 Å². The van der Waals surface area contributed by atoms with Gasteiger partial charge < -0.3 is 14.9 Å². The summed E-state index contributed by atoms with van der Waals surface area (Å²) in [4.78, 5) is 10.2. The second kappa shape index (κ2) is 13.0. The van der Waals surface area contributed by atoms with Gasteiger partial charge in [0.15, 0.2) is 6.29 Å². The van der Waals surface area contributed by atoms with Crippen LogP contribution in [0.2, 0.25) is 0 Å². The van der Waals surface area contributed by atoms with Crippen molar-refractivity contribution in [2.24, 2.45) is 0 Å². The lowest BCUT2D eigenvalue weighted by Crippen LogP contribution is -1.93. The number of ether oxygens (including phenoxy) is 1. The van der Waals surface area contributed by atoms with Gasteiger partial charge in [-0.25, -0.2) is 0 Å². The molecule has 30 heavy (non-hydrogen) atoms. The molecule has 4 nitrogen and oxygen atoms in total. The largest absolute Gasteiger partial charge is 0.507 e. The Morgan fingerprint density at radius 1 is 0.833 bits per heavy atom. The molecule has 0 aromatic heterocycles. The van der Waals surface area contributed by atoms with E-state index in [1.54, 1.807) is 18.2 Å². The fourth-order valence-corrected chi connectivity index (χ4v) is 3.16. The number of hydrogen-bond acceptors (Lipinski definition) is 4. The first kappa shape index (κ1) is 23.9. The number of phenols is 2. The molecule has 3 rings (SSSR count). The topological polar surface area (TPSA) is 66.8 Å². The maximum Gasteiger partial charge on any atom is 0.153 e. The quantitative estimate of drug-likeness (QED) is 0.260. The molecule has 0 radical (unpaired) electrons. The Balaban J connectivity index is 0.000000269. The number of benzene rings is 3. The van der Waals surface area contributed by atoms with Crippen molar-refractivity contribution < 1.29 is 19.7 Å². The minimum Gasteiger partial charge on any atom is -0.507 e. The van der Waals surface area contributed by atoms with E-state index >= 15 is 0 Å². The van der Waals surface area contributed by atoms with E-state index in [2.05, 4.69) is 44.0 Å². The number of aromatic hydroxyl groups is 2. The third kappa shape index (κ3) is 8.53. The highest BCUT2D eigenvalue weighted by Crippen LogP contribution is 2.23. The van der Waals surface area contributed by atoms with E-state index in [9.17, 15) is 9.90 Å². The van der Waals surface area contributed by atoms with Crippen LogP contribution in [0.3, 0.4) is 0 Å². The minimum atomic E-state index is 0.0122. The summed E-state index contributed by atoms with van der Waals surface area (Å²) in [6.07, 6.45) is 5.34. The lowest BCUT2D eigenvalue weighted by Gasteiger charge is -2.02. The van der Waals surface area contributed by atoms with Crippen LogP contribution in [-0.4, -0.2) is 23.1 Å². The van der Waals surface area contributed by atoms with Gasteiger partial charge in [-0.2, -0.15) is 0 Å². The molecule has 0 saturated carbocycles. The van der Waals surface area contributed by atoms with Crippen LogP contribution in [0.5, 0.6) is 11.5 Å². The lowest BCUT2D eigenvalue weighted by atomic mass is 10.2. The molecule has 0 bridgehead atoms. The summed E-state index contributed by atoms with van der Waals surface area (Å²) in [5.41, 5.74) is 2.29. The zero-order valence-corrected chi connectivity index (χ0v) is 19.3. The van der Waals surface area contributed by atoms with Crippen molar-refractivity contribution in [2.45, 2.75) is 13.0 Å². The molecule has 0 aliphatic rings. The monoisotopic (exact) mass is 532 g/mol. The highest BCUT2D eigenvalue weighted by Gasteiger charge is 1.98. The number of aldehydes is 1. The number of carbonyl (C=O) groups is 1. The predicted octanol–water partition coefficient (Wildman–Crippen LogP) is 6.74. The van der Waals surface area contributed by atoms with Crippen LogP contribution in [0, 0.1) is 0 Å². The van der Waals surface area contributed by atoms with E-state index in [0.717, 1.165) is 20.9 Å². The Labute approximate surface area is 193 Å². The van der Waals surface area contributed by atoms with Gasteiger partial charge in [-0.3, -0.25) is 4.79 Å². The summed E-state index contributed by atoms with van der Waals surface area (Å²) >= 11 is 6.55. The fraction of sp³-hybridized carbons (Fsp3) is 0.125. The Hall–Kier alpha value is -2.41. The van der Waals surface area contributed by atoms with Crippen molar-refractivity contribution in [3.8, 4) is 11.5 Å². The molecule has 156 valence electrons. The minimum absolute atomic E-state index is 0.0122. The number of halogens is 2. The molecule has 0 heterocycles. The Morgan fingerprint density at radius 2 is 1.43 bits per heavy atom. The van der Waals surface area contributed by atoms with Crippen LogP contribution >= 0.6 is 31.9 Å². The highest BCUT2D eigenvalue weighted by molar-refractivity contribution is 9.10. The van der Waals surface area contributed by atoms with Crippen LogP contribution in [0.1, 0.15) is 27.9 Å². The van der Waals surface area contributed by atoms with Gasteiger partial charge in [-0.15, -0.1) is 0 Å². The first-order chi connectivity index (χ1) is 14.5. The normalized spacial score (nSPS) is 10.5. The first-order valence-corrected chi connectivity index (χ1v) is 10.8. The van der Waals surface area contributed by atoms with Gasteiger partial charge in [0.25, 0.3) is 0 Å². The summed E-state index contributed by atoms with van der Waals surface area (Å²) in [6.45, 7) is 1.30. The van der Waals surface area contributed by atoms with Crippen molar-refractivity contribution in [3.05, 3.63) is 98.4 Å². The molecular weight excluding hydrogens is 512 g/mol. The standard InChI is InChI=1S/C17H17BrO2.C7H5BrO2/c18-16-9-10-17(19)15(12-16)8-4-5-11-20-13-14-6-2-1-3-7-14;8-6-1-2-7(10)5(3-6)4-9/h1-4,6-10,12,19H,5,11,13H2;1-4,10H/b8-4+;. The van der Waals surface area contributed by atoms with Gasteiger partial charge in [-0.1, -0.05) is 74.3 Å². The summed E-state index contributed by atoms with van der Waals surface area (Å²) in [5.74, 6) is 0.299. The molecule has 0 aliphatic heterocycles. The second-order valence-electron chi connectivity index (χ2n) is 6.25. The van der Waals surface area contributed by atoms with Crippen molar-refractivity contribution in [3.63, 3.8) is 0 Å². The Bertz CT molecular complexity index is 972. The molecule has 3 aromatic rings. The molecular formula is C24H22Br2O4. The van der Waals surface area contributed by atoms with Gasteiger partial charge in [-0.05, 0) is 48.4 Å². The third-order valence-electron chi connectivity index (χ3n) is 3.94. The molecule has 0 spiro atoms. The van der Waals surface area contributed by atoms with Crippen molar-refractivity contribution in [1.29, 1.82) is 0 Å². The smallest absolute Gasteiger partial charge is 0.153 e. The number of phenolic OH excluding ortho intramolecular Hbond substituents is 2. The summed E-state index contributed by atoms with van der Waals surface area (Å²) in [5, 5.41) is 18.7. The molecule has 6 heteroatoms.